The summed E-state index contributed by atoms with van der Waals surface area (Å²) in [7, 11) is 0. The molecule has 0 aliphatic carbocycles. The van der Waals surface area contributed by atoms with Gasteiger partial charge in [0.15, 0.2) is 0 Å². The minimum atomic E-state index is -0.468. The summed E-state index contributed by atoms with van der Waals surface area (Å²) < 4.78 is 5.18. The number of nitrogens with zero attached hydrogens (tertiary/aromatic N) is 1. The SMILES string of the molecule is NC(c1ccco1)c1ncc(Cl)cc1Cl. The third-order valence-corrected chi connectivity index (χ3v) is 2.49. The molecule has 5 heteroatoms. The molecular weight excluding hydrogens is 235 g/mol. The Kier molecular flexibility index (Phi) is 2.95. The van der Waals surface area contributed by atoms with Crippen molar-refractivity contribution in [1.82, 2.24) is 4.98 Å². The Balaban J connectivity index is 2.38. The van der Waals surface area contributed by atoms with Crippen LogP contribution in [0.4, 0.5) is 0 Å². The van der Waals surface area contributed by atoms with Gasteiger partial charge in [-0.2, -0.15) is 0 Å². The highest BCUT2D eigenvalue weighted by Crippen LogP contribution is 2.26. The van der Waals surface area contributed by atoms with E-state index >= 15 is 0 Å². The van der Waals surface area contributed by atoms with Crippen LogP contribution in [-0.2, 0) is 0 Å². The maximum Gasteiger partial charge on any atom is 0.126 e. The summed E-state index contributed by atoms with van der Waals surface area (Å²) in [6, 6.07) is 4.68. The second-order valence-corrected chi connectivity index (χ2v) is 3.86. The number of hydrogen-bond donors (Lipinski definition) is 1. The Morgan fingerprint density at radius 1 is 1.40 bits per heavy atom. The van der Waals surface area contributed by atoms with E-state index in [9.17, 15) is 0 Å². The van der Waals surface area contributed by atoms with E-state index < -0.39 is 6.04 Å². The maximum absolute atomic E-state index is 5.97. The van der Waals surface area contributed by atoms with Gasteiger partial charge < -0.3 is 10.2 Å². The maximum atomic E-state index is 5.97. The molecule has 0 bridgehead atoms. The van der Waals surface area contributed by atoms with Crippen LogP contribution in [0.15, 0.2) is 35.1 Å². The summed E-state index contributed by atoms with van der Waals surface area (Å²) in [5.41, 5.74) is 6.48. The highest BCUT2D eigenvalue weighted by Gasteiger charge is 2.16. The van der Waals surface area contributed by atoms with Crippen LogP contribution in [-0.4, -0.2) is 4.98 Å². The zero-order valence-corrected chi connectivity index (χ0v) is 9.16. The number of hydrogen-bond acceptors (Lipinski definition) is 3. The van der Waals surface area contributed by atoms with E-state index in [1.807, 2.05) is 0 Å². The third kappa shape index (κ3) is 2.15. The Morgan fingerprint density at radius 2 is 2.20 bits per heavy atom. The van der Waals surface area contributed by atoms with Crippen molar-refractivity contribution in [2.24, 2.45) is 5.73 Å². The summed E-state index contributed by atoms with van der Waals surface area (Å²) in [4.78, 5) is 4.08. The molecule has 0 aliphatic rings. The van der Waals surface area contributed by atoms with Gasteiger partial charge in [0.25, 0.3) is 0 Å². The number of aromatic nitrogens is 1. The number of nitrogens with two attached hydrogens (primary N) is 1. The highest BCUT2D eigenvalue weighted by molar-refractivity contribution is 6.34. The zero-order valence-electron chi connectivity index (χ0n) is 7.65. The average molecular weight is 243 g/mol. The van der Waals surface area contributed by atoms with Gasteiger partial charge in [-0.05, 0) is 18.2 Å². The van der Waals surface area contributed by atoms with E-state index in [2.05, 4.69) is 4.98 Å². The molecule has 0 saturated heterocycles. The average Bonchev–Trinajstić information content (AvgIpc) is 2.69. The first-order chi connectivity index (χ1) is 7.18. The molecule has 0 spiro atoms. The number of furan rings is 1. The molecule has 0 radical (unpaired) electrons. The lowest BCUT2D eigenvalue weighted by Gasteiger charge is -2.09. The molecule has 0 aromatic carbocycles. The molecule has 1 atom stereocenters. The molecule has 2 N–H and O–H groups in total. The minimum Gasteiger partial charge on any atom is -0.467 e. The van der Waals surface area contributed by atoms with Crippen LogP contribution in [0.1, 0.15) is 17.5 Å². The van der Waals surface area contributed by atoms with Crippen molar-refractivity contribution < 1.29 is 4.42 Å². The molecule has 0 saturated carbocycles. The lowest BCUT2D eigenvalue weighted by molar-refractivity contribution is 0.486. The standard InChI is InChI=1S/C10H8Cl2N2O/c11-6-4-7(12)10(14-5-6)9(13)8-2-1-3-15-8/h1-5,9H,13H2. The largest absolute Gasteiger partial charge is 0.467 e. The molecule has 0 fully saturated rings. The normalized spacial score (nSPS) is 12.7. The summed E-state index contributed by atoms with van der Waals surface area (Å²) in [6.45, 7) is 0. The summed E-state index contributed by atoms with van der Waals surface area (Å²) in [6.07, 6.45) is 3.06. The first-order valence-corrected chi connectivity index (χ1v) is 5.04. The van der Waals surface area contributed by atoms with Crippen LogP contribution < -0.4 is 5.73 Å². The van der Waals surface area contributed by atoms with Crippen LogP contribution >= 0.6 is 23.2 Å². The van der Waals surface area contributed by atoms with Gasteiger partial charge >= 0.3 is 0 Å². The quantitative estimate of drug-likeness (QED) is 0.881. The van der Waals surface area contributed by atoms with Gasteiger partial charge in [-0.25, -0.2) is 0 Å². The monoisotopic (exact) mass is 242 g/mol. The van der Waals surface area contributed by atoms with Gasteiger partial charge in [0.05, 0.1) is 22.0 Å². The molecule has 2 aromatic heterocycles. The second kappa shape index (κ2) is 4.23. The van der Waals surface area contributed by atoms with Crippen molar-refractivity contribution in [3.63, 3.8) is 0 Å². The molecule has 15 heavy (non-hydrogen) atoms. The lowest BCUT2D eigenvalue weighted by atomic mass is 10.1. The first kappa shape index (κ1) is 10.5. The van der Waals surface area contributed by atoms with Crippen LogP contribution in [0.5, 0.6) is 0 Å². The van der Waals surface area contributed by atoms with E-state index in [4.69, 9.17) is 33.4 Å². The zero-order chi connectivity index (χ0) is 10.8. The van der Waals surface area contributed by atoms with Gasteiger partial charge in [0.1, 0.15) is 11.8 Å². The molecule has 1 unspecified atom stereocenters. The summed E-state index contributed by atoms with van der Waals surface area (Å²) in [5, 5.41) is 0.918. The smallest absolute Gasteiger partial charge is 0.126 e. The fraction of sp³-hybridized carbons (Fsp3) is 0.100. The van der Waals surface area contributed by atoms with Crippen LogP contribution in [0.25, 0.3) is 0 Å². The summed E-state index contributed by atoms with van der Waals surface area (Å²) in [5.74, 6) is 0.617. The van der Waals surface area contributed by atoms with Crippen molar-refractivity contribution in [3.05, 3.63) is 52.2 Å². The minimum absolute atomic E-state index is 0.436. The molecule has 0 amide bonds. The number of halogens is 2. The molecule has 3 nitrogen and oxygen atoms in total. The predicted octanol–water partition coefficient (Wildman–Crippen LogP) is 3.03. The molecule has 2 rings (SSSR count). The van der Waals surface area contributed by atoms with Gasteiger partial charge in [0, 0.05) is 6.20 Å². The van der Waals surface area contributed by atoms with Gasteiger partial charge in [0.2, 0.25) is 0 Å². The highest BCUT2D eigenvalue weighted by atomic mass is 35.5. The Bertz CT molecular complexity index is 456. The number of rotatable bonds is 2. The topological polar surface area (TPSA) is 52.0 Å². The van der Waals surface area contributed by atoms with Crippen molar-refractivity contribution in [2.75, 3.05) is 0 Å². The van der Waals surface area contributed by atoms with Gasteiger partial charge in [-0.3, -0.25) is 4.98 Å². The Labute approximate surface area is 96.8 Å². The lowest BCUT2D eigenvalue weighted by Crippen LogP contribution is -2.13. The van der Waals surface area contributed by atoms with E-state index in [0.29, 0.717) is 21.5 Å². The summed E-state index contributed by atoms with van der Waals surface area (Å²) >= 11 is 11.7. The van der Waals surface area contributed by atoms with Crippen molar-refractivity contribution >= 4 is 23.2 Å². The first-order valence-electron chi connectivity index (χ1n) is 4.28. The Hall–Kier alpha value is -1.03. The van der Waals surface area contributed by atoms with Crippen molar-refractivity contribution in [1.29, 1.82) is 0 Å². The van der Waals surface area contributed by atoms with Gasteiger partial charge in [-0.1, -0.05) is 23.2 Å². The fourth-order valence-corrected chi connectivity index (χ4v) is 1.75. The van der Waals surface area contributed by atoms with Crippen molar-refractivity contribution in [3.8, 4) is 0 Å². The molecular formula is C10H8Cl2N2O. The van der Waals surface area contributed by atoms with Crippen molar-refractivity contribution in [2.45, 2.75) is 6.04 Å². The van der Waals surface area contributed by atoms with E-state index in [0.717, 1.165) is 0 Å². The molecule has 78 valence electrons. The van der Waals surface area contributed by atoms with E-state index in [1.54, 1.807) is 24.5 Å². The Morgan fingerprint density at radius 3 is 2.80 bits per heavy atom. The predicted molar refractivity (Wildman–Crippen MR) is 59.0 cm³/mol. The van der Waals surface area contributed by atoms with Gasteiger partial charge in [-0.15, -0.1) is 0 Å². The van der Waals surface area contributed by atoms with Crippen LogP contribution in [0.2, 0.25) is 10.0 Å². The van der Waals surface area contributed by atoms with Crippen LogP contribution in [0, 0.1) is 0 Å². The molecule has 2 aromatic rings. The third-order valence-electron chi connectivity index (χ3n) is 1.98. The van der Waals surface area contributed by atoms with E-state index in [1.165, 1.54) is 6.20 Å². The second-order valence-electron chi connectivity index (χ2n) is 3.01. The molecule has 2 heterocycles. The molecule has 0 aliphatic heterocycles. The fourth-order valence-electron chi connectivity index (χ4n) is 1.26. The number of pyridine rings is 1. The van der Waals surface area contributed by atoms with Crippen LogP contribution in [0.3, 0.4) is 0 Å². The van der Waals surface area contributed by atoms with E-state index in [-0.39, 0.29) is 0 Å².